The number of nitrogens with zero attached hydrogens (tertiary/aromatic N) is 2. The van der Waals surface area contributed by atoms with Gasteiger partial charge >= 0.3 is 0 Å². The Balaban J connectivity index is 1.85. The van der Waals surface area contributed by atoms with Crippen LogP contribution in [0.5, 0.6) is 0 Å². The van der Waals surface area contributed by atoms with Gasteiger partial charge in [-0.2, -0.15) is 4.98 Å². The molecule has 21 heavy (non-hydrogen) atoms. The van der Waals surface area contributed by atoms with Crippen LogP contribution < -0.4 is 10.2 Å². The molecule has 1 amide bonds. The van der Waals surface area contributed by atoms with E-state index < -0.39 is 0 Å². The molecule has 1 aliphatic rings. The SMILES string of the molecule is CCC(C)NC(=O)CCc1nc(C2=CC[NH+](C)CC2)no1. The Bertz CT molecular complexity index is 510. The fourth-order valence-corrected chi connectivity index (χ4v) is 2.21. The van der Waals surface area contributed by atoms with Crippen LogP contribution >= 0.6 is 0 Å². The van der Waals surface area contributed by atoms with Gasteiger partial charge < -0.3 is 14.7 Å². The minimum Gasteiger partial charge on any atom is -0.354 e. The molecule has 0 fully saturated rings. The molecule has 2 heterocycles. The van der Waals surface area contributed by atoms with E-state index in [4.69, 9.17) is 4.52 Å². The standard InChI is InChI=1S/C15H24N4O2/c1-4-11(2)16-13(20)5-6-14-17-15(18-21-14)12-7-9-19(3)10-8-12/h7,11H,4-6,8-10H2,1-3H3,(H,16,20)/p+1. The highest BCUT2D eigenvalue weighted by atomic mass is 16.5. The van der Waals surface area contributed by atoms with Gasteiger partial charge in [0.05, 0.1) is 20.1 Å². The number of rotatable bonds is 6. The van der Waals surface area contributed by atoms with E-state index in [1.807, 2.05) is 13.8 Å². The molecule has 1 aliphatic heterocycles. The molecule has 1 aromatic rings. The number of amides is 1. The van der Waals surface area contributed by atoms with Crippen LogP contribution in [0.2, 0.25) is 0 Å². The third-order valence-electron chi connectivity index (χ3n) is 3.86. The molecule has 0 bridgehead atoms. The zero-order chi connectivity index (χ0) is 15.2. The van der Waals surface area contributed by atoms with Crippen molar-refractivity contribution < 1.29 is 14.2 Å². The lowest BCUT2D eigenvalue weighted by Gasteiger charge is -2.17. The van der Waals surface area contributed by atoms with Gasteiger partial charge in [0.15, 0.2) is 5.82 Å². The summed E-state index contributed by atoms with van der Waals surface area (Å²) < 4.78 is 5.24. The van der Waals surface area contributed by atoms with Crippen LogP contribution in [0.25, 0.3) is 5.57 Å². The molecular formula is C15H25N4O2+. The van der Waals surface area contributed by atoms with Crippen molar-refractivity contribution in [3.63, 3.8) is 0 Å². The number of hydrogen-bond donors (Lipinski definition) is 2. The summed E-state index contributed by atoms with van der Waals surface area (Å²) in [6.07, 6.45) is 4.95. The van der Waals surface area contributed by atoms with Crippen molar-refractivity contribution in [2.24, 2.45) is 0 Å². The highest BCUT2D eigenvalue weighted by Gasteiger charge is 2.17. The second-order valence-electron chi connectivity index (χ2n) is 5.78. The molecule has 0 radical (unpaired) electrons. The minimum atomic E-state index is 0.0335. The predicted octanol–water partition coefficient (Wildman–Crippen LogP) is 0.219. The molecule has 0 aromatic carbocycles. The lowest BCUT2D eigenvalue weighted by molar-refractivity contribution is -0.874. The van der Waals surface area contributed by atoms with Crippen LogP contribution in [0.4, 0.5) is 0 Å². The van der Waals surface area contributed by atoms with Gasteiger partial charge in [-0.1, -0.05) is 12.1 Å². The van der Waals surface area contributed by atoms with E-state index in [0.29, 0.717) is 24.6 Å². The number of carbonyl (C=O) groups excluding carboxylic acids is 1. The normalized spacial score (nSPS) is 20.0. The Morgan fingerprint density at radius 3 is 3.05 bits per heavy atom. The molecule has 116 valence electrons. The monoisotopic (exact) mass is 293 g/mol. The maximum absolute atomic E-state index is 11.7. The van der Waals surface area contributed by atoms with Crippen molar-refractivity contribution in [1.29, 1.82) is 0 Å². The van der Waals surface area contributed by atoms with Crippen molar-refractivity contribution in [2.75, 3.05) is 20.1 Å². The first-order valence-corrected chi connectivity index (χ1v) is 7.71. The van der Waals surface area contributed by atoms with Gasteiger partial charge in [0.2, 0.25) is 11.8 Å². The van der Waals surface area contributed by atoms with Gasteiger partial charge in [-0.3, -0.25) is 4.79 Å². The first kappa shape index (κ1) is 15.7. The summed E-state index contributed by atoms with van der Waals surface area (Å²) >= 11 is 0. The minimum absolute atomic E-state index is 0.0335. The molecule has 2 N–H and O–H groups in total. The van der Waals surface area contributed by atoms with Crippen molar-refractivity contribution in [3.05, 3.63) is 17.8 Å². The highest BCUT2D eigenvalue weighted by molar-refractivity contribution is 5.76. The van der Waals surface area contributed by atoms with Crippen LogP contribution in [0, 0.1) is 0 Å². The fourth-order valence-electron chi connectivity index (χ4n) is 2.21. The maximum atomic E-state index is 11.7. The average Bonchev–Trinajstić information content (AvgIpc) is 2.94. The van der Waals surface area contributed by atoms with Crippen LogP contribution in [0.1, 0.15) is 44.8 Å². The zero-order valence-electron chi connectivity index (χ0n) is 13.1. The topological polar surface area (TPSA) is 72.5 Å². The quantitative estimate of drug-likeness (QED) is 0.787. The number of aryl methyl sites for hydroxylation is 1. The molecule has 6 heteroatoms. The van der Waals surface area contributed by atoms with E-state index in [2.05, 4.69) is 28.6 Å². The fraction of sp³-hybridized carbons (Fsp3) is 0.667. The summed E-state index contributed by atoms with van der Waals surface area (Å²) in [4.78, 5) is 17.6. The van der Waals surface area contributed by atoms with Crippen LogP contribution in [0.3, 0.4) is 0 Å². The zero-order valence-corrected chi connectivity index (χ0v) is 13.1. The highest BCUT2D eigenvalue weighted by Crippen LogP contribution is 2.15. The third kappa shape index (κ3) is 4.67. The largest absolute Gasteiger partial charge is 0.354 e. The lowest BCUT2D eigenvalue weighted by Crippen LogP contribution is -3.09. The van der Waals surface area contributed by atoms with E-state index in [9.17, 15) is 4.79 Å². The Labute approximate surface area is 125 Å². The van der Waals surface area contributed by atoms with Crippen molar-refractivity contribution in [3.8, 4) is 0 Å². The number of nitrogens with one attached hydrogen (secondary N) is 2. The number of likely N-dealkylation sites (N-methyl/N-ethyl adjacent to an activating group) is 1. The maximum Gasteiger partial charge on any atom is 0.227 e. The van der Waals surface area contributed by atoms with Gasteiger partial charge in [-0.15, -0.1) is 0 Å². The molecule has 2 rings (SSSR count). The van der Waals surface area contributed by atoms with Crippen LogP contribution in [-0.4, -0.2) is 42.2 Å². The van der Waals surface area contributed by atoms with E-state index >= 15 is 0 Å². The van der Waals surface area contributed by atoms with Gasteiger partial charge in [-0.05, 0) is 19.4 Å². The molecule has 6 nitrogen and oxygen atoms in total. The number of quaternary nitrogens is 1. The number of carbonyl (C=O) groups is 1. The third-order valence-corrected chi connectivity index (χ3v) is 3.86. The van der Waals surface area contributed by atoms with Crippen LogP contribution in [0.15, 0.2) is 10.6 Å². The molecule has 1 aromatic heterocycles. The van der Waals surface area contributed by atoms with E-state index in [1.165, 1.54) is 4.90 Å². The van der Waals surface area contributed by atoms with Gasteiger partial charge in [0.25, 0.3) is 0 Å². The summed E-state index contributed by atoms with van der Waals surface area (Å²) in [6, 6.07) is 0.211. The summed E-state index contributed by atoms with van der Waals surface area (Å²) in [7, 11) is 2.17. The summed E-state index contributed by atoms with van der Waals surface area (Å²) in [6.45, 7) is 6.13. The first-order chi connectivity index (χ1) is 10.1. The van der Waals surface area contributed by atoms with Crippen molar-refractivity contribution >= 4 is 11.5 Å². The van der Waals surface area contributed by atoms with Crippen molar-refractivity contribution in [1.82, 2.24) is 15.5 Å². The summed E-state index contributed by atoms with van der Waals surface area (Å²) in [5.74, 6) is 1.25. The number of hydrogen-bond acceptors (Lipinski definition) is 4. The Morgan fingerprint density at radius 1 is 1.57 bits per heavy atom. The molecule has 0 aliphatic carbocycles. The Hall–Kier alpha value is -1.69. The summed E-state index contributed by atoms with van der Waals surface area (Å²) in [5.41, 5.74) is 1.15. The van der Waals surface area contributed by atoms with Gasteiger partial charge in [0.1, 0.15) is 0 Å². The molecule has 2 unspecified atom stereocenters. The number of aromatic nitrogens is 2. The van der Waals surface area contributed by atoms with Crippen molar-refractivity contribution in [2.45, 2.75) is 45.6 Å². The summed E-state index contributed by atoms with van der Waals surface area (Å²) in [5, 5.41) is 6.96. The first-order valence-electron chi connectivity index (χ1n) is 7.71. The second kappa shape index (κ2) is 7.36. The van der Waals surface area contributed by atoms with E-state index in [0.717, 1.165) is 31.5 Å². The smallest absolute Gasteiger partial charge is 0.227 e. The van der Waals surface area contributed by atoms with Gasteiger partial charge in [0, 0.05) is 30.9 Å². The molecule has 0 saturated heterocycles. The van der Waals surface area contributed by atoms with Crippen LogP contribution in [-0.2, 0) is 11.2 Å². The second-order valence-corrected chi connectivity index (χ2v) is 5.78. The Kier molecular flexibility index (Phi) is 5.50. The Morgan fingerprint density at radius 2 is 2.38 bits per heavy atom. The van der Waals surface area contributed by atoms with E-state index in [1.54, 1.807) is 0 Å². The van der Waals surface area contributed by atoms with Gasteiger partial charge in [-0.25, -0.2) is 0 Å². The predicted molar refractivity (Wildman–Crippen MR) is 79.7 cm³/mol. The lowest BCUT2D eigenvalue weighted by atomic mass is 10.1. The molecule has 0 spiro atoms. The molecule has 2 atom stereocenters. The molecule has 0 saturated carbocycles. The van der Waals surface area contributed by atoms with E-state index in [-0.39, 0.29) is 11.9 Å². The molecular weight excluding hydrogens is 268 g/mol. The average molecular weight is 293 g/mol.